The third-order valence-corrected chi connectivity index (χ3v) is 8.24. The van der Waals surface area contributed by atoms with Gasteiger partial charge in [0.2, 0.25) is 8.32 Å². The average Bonchev–Trinajstić information content (AvgIpc) is 2.26. The van der Waals surface area contributed by atoms with Gasteiger partial charge in [0.05, 0.1) is 6.42 Å². The smallest absolute Gasteiger partial charge is 0.305 e. The number of rotatable bonds is 5. The van der Waals surface area contributed by atoms with Crippen LogP contribution in [0.15, 0.2) is 24.3 Å². The molecule has 1 aromatic rings. The summed E-state index contributed by atoms with van der Waals surface area (Å²) < 4.78 is 6.16. The summed E-state index contributed by atoms with van der Waals surface area (Å²) in [5.74, 6) is -0.0676. The lowest BCUT2D eigenvalue weighted by Crippen LogP contribution is -2.43. The fourth-order valence-electron chi connectivity index (χ4n) is 1.54. The molecule has 20 heavy (non-hydrogen) atoms. The number of carboxylic acids is 1. The van der Waals surface area contributed by atoms with Gasteiger partial charge in [0.15, 0.2) is 0 Å². The summed E-state index contributed by atoms with van der Waals surface area (Å²) in [5.41, 5.74) is 6.64. The Morgan fingerprint density at radius 1 is 1.30 bits per heavy atom. The van der Waals surface area contributed by atoms with E-state index >= 15 is 0 Å². The van der Waals surface area contributed by atoms with Gasteiger partial charge in [0.25, 0.3) is 0 Å². The second-order valence-corrected chi connectivity index (χ2v) is 11.4. The van der Waals surface area contributed by atoms with Gasteiger partial charge in [-0.15, -0.1) is 0 Å². The van der Waals surface area contributed by atoms with E-state index in [1.807, 2.05) is 24.3 Å². The molecule has 0 fully saturated rings. The number of carboxylic acid groups (broad SMARTS) is 1. The lowest BCUT2D eigenvalue weighted by atomic mass is 10.1. The first kappa shape index (κ1) is 16.7. The van der Waals surface area contributed by atoms with E-state index in [4.69, 9.17) is 15.3 Å². The molecule has 0 aliphatic carbocycles. The van der Waals surface area contributed by atoms with Gasteiger partial charge < -0.3 is 15.3 Å². The van der Waals surface area contributed by atoms with Gasteiger partial charge in [-0.25, -0.2) is 0 Å². The molecule has 1 rings (SSSR count). The molecule has 0 radical (unpaired) electrons. The maximum absolute atomic E-state index is 10.6. The Morgan fingerprint density at radius 2 is 1.80 bits per heavy atom. The summed E-state index contributed by atoms with van der Waals surface area (Å²) >= 11 is 0. The molecule has 1 aromatic carbocycles. The van der Waals surface area contributed by atoms with Crippen LogP contribution in [0.3, 0.4) is 0 Å². The standard InChI is InChI=1S/C15H25NO3Si/c1-15(2,3)20(4,5)19-12-8-6-11(7-9-12)13(16)10-14(17)18/h6-9,13H,10,16H2,1-5H3,(H,17,18). The van der Waals surface area contributed by atoms with E-state index in [2.05, 4.69) is 33.9 Å². The summed E-state index contributed by atoms with van der Waals surface area (Å²) in [5, 5.41) is 8.89. The summed E-state index contributed by atoms with van der Waals surface area (Å²) in [6.45, 7) is 11.0. The van der Waals surface area contributed by atoms with E-state index in [0.717, 1.165) is 11.3 Å². The van der Waals surface area contributed by atoms with Crippen LogP contribution in [0.4, 0.5) is 0 Å². The highest BCUT2D eigenvalue weighted by Gasteiger charge is 2.38. The van der Waals surface area contributed by atoms with Crippen LogP contribution in [0.1, 0.15) is 38.8 Å². The molecule has 1 unspecified atom stereocenters. The van der Waals surface area contributed by atoms with Crippen molar-refractivity contribution < 1.29 is 14.3 Å². The minimum absolute atomic E-state index is 0.0670. The lowest BCUT2D eigenvalue weighted by Gasteiger charge is -2.36. The topological polar surface area (TPSA) is 72.5 Å². The van der Waals surface area contributed by atoms with Crippen LogP contribution in [0.5, 0.6) is 5.75 Å². The Hall–Kier alpha value is -1.33. The molecule has 112 valence electrons. The van der Waals surface area contributed by atoms with Crippen molar-refractivity contribution in [2.24, 2.45) is 5.73 Å². The van der Waals surface area contributed by atoms with E-state index in [9.17, 15) is 4.79 Å². The van der Waals surface area contributed by atoms with E-state index < -0.39 is 20.3 Å². The highest BCUT2D eigenvalue weighted by Crippen LogP contribution is 2.37. The minimum atomic E-state index is -1.84. The number of aliphatic carboxylic acids is 1. The van der Waals surface area contributed by atoms with Crippen molar-refractivity contribution in [1.29, 1.82) is 0 Å². The van der Waals surface area contributed by atoms with E-state index in [-0.39, 0.29) is 11.5 Å². The maximum Gasteiger partial charge on any atom is 0.305 e. The molecular formula is C15H25NO3Si. The van der Waals surface area contributed by atoms with Crippen molar-refractivity contribution >= 4 is 14.3 Å². The number of nitrogens with two attached hydrogens (primary N) is 1. The third kappa shape index (κ3) is 4.35. The first-order valence-electron chi connectivity index (χ1n) is 6.79. The Morgan fingerprint density at radius 3 is 2.20 bits per heavy atom. The Labute approximate surface area is 122 Å². The third-order valence-electron chi connectivity index (χ3n) is 3.88. The number of carbonyl (C=O) groups is 1. The van der Waals surface area contributed by atoms with Crippen molar-refractivity contribution in [3.8, 4) is 5.75 Å². The largest absolute Gasteiger partial charge is 0.544 e. The number of hydrogen-bond acceptors (Lipinski definition) is 3. The molecular weight excluding hydrogens is 270 g/mol. The van der Waals surface area contributed by atoms with Crippen LogP contribution >= 0.6 is 0 Å². The number of hydrogen-bond donors (Lipinski definition) is 2. The SMILES string of the molecule is CC(C)(C)[Si](C)(C)Oc1ccc(C(N)CC(=O)O)cc1. The van der Waals surface area contributed by atoms with Gasteiger partial charge in [-0.3, -0.25) is 4.79 Å². The zero-order valence-electron chi connectivity index (χ0n) is 12.9. The monoisotopic (exact) mass is 295 g/mol. The van der Waals surface area contributed by atoms with E-state index in [1.165, 1.54) is 0 Å². The molecule has 4 nitrogen and oxygen atoms in total. The number of benzene rings is 1. The zero-order valence-corrected chi connectivity index (χ0v) is 13.9. The minimum Gasteiger partial charge on any atom is -0.544 e. The van der Waals surface area contributed by atoms with Gasteiger partial charge in [-0.1, -0.05) is 32.9 Å². The molecule has 3 N–H and O–H groups in total. The van der Waals surface area contributed by atoms with Gasteiger partial charge in [-0.2, -0.15) is 0 Å². The predicted molar refractivity (Wildman–Crippen MR) is 83.4 cm³/mol. The highest BCUT2D eigenvalue weighted by atomic mass is 28.4. The molecule has 0 aliphatic heterocycles. The van der Waals surface area contributed by atoms with Crippen molar-refractivity contribution in [1.82, 2.24) is 0 Å². The molecule has 0 heterocycles. The fourth-order valence-corrected chi connectivity index (χ4v) is 2.57. The van der Waals surface area contributed by atoms with Gasteiger partial charge in [-0.05, 0) is 35.8 Å². The van der Waals surface area contributed by atoms with Crippen LogP contribution in [-0.4, -0.2) is 19.4 Å². The average molecular weight is 295 g/mol. The van der Waals surface area contributed by atoms with Gasteiger partial charge in [0, 0.05) is 6.04 Å². The van der Waals surface area contributed by atoms with Gasteiger partial charge >= 0.3 is 5.97 Å². The summed E-state index contributed by atoms with van der Waals surface area (Å²) in [6, 6.07) is 6.95. The predicted octanol–water partition coefficient (Wildman–Crippen LogP) is 3.55. The maximum atomic E-state index is 10.6. The molecule has 1 atom stereocenters. The summed E-state index contributed by atoms with van der Waals surface area (Å²) in [6.07, 6.45) is -0.0670. The Bertz CT molecular complexity index is 463. The van der Waals surface area contributed by atoms with Crippen molar-refractivity contribution in [2.45, 2.75) is 51.4 Å². The molecule has 0 amide bonds. The molecule has 0 aliphatic rings. The summed E-state index contributed by atoms with van der Waals surface area (Å²) in [4.78, 5) is 10.6. The summed E-state index contributed by atoms with van der Waals surface area (Å²) in [7, 11) is -1.84. The Balaban J connectivity index is 2.80. The molecule has 0 spiro atoms. The molecule has 0 bridgehead atoms. The van der Waals surface area contributed by atoms with Crippen molar-refractivity contribution in [2.75, 3.05) is 0 Å². The molecule has 0 saturated heterocycles. The van der Waals surface area contributed by atoms with Crippen LogP contribution in [0.25, 0.3) is 0 Å². The molecule has 5 heteroatoms. The van der Waals surface area contributed by atoms with Crippen molar-refractivity contribution in [3.05, 3.63) is 29.8 Å². The van der Waals surface area contributed by atoms with Gasteiger partial charge in [0.1, 0.15) is 5.75 Å². The normalized spacial score (nSPS) is 13.9. The first-order valence-corrected chi connectivity index (χ1v) is 9.70. The van der Waals surface area contributed by atoms with E-state index in [0.29, 0.717) is 0 Å². The lowest BCUT2D eigenvalue weighted by molar-refractivity contribution is -0.137. The van der Waals surface area contributed by atoms with Crippen LogP contribution < -0.4 is 10.2 Å². The second-order valence-electron chi connectivity index (χ2n) is 6.64. The molecule has 0 aromatic heterocycles. The van der Waals surface area contributed by atoms with E-state index in [1.54, 1.807) is 0 Å². The molecule has 0 saturated carbocycles. The first-order chi connectivity index (χ1) is 9.03. The van der Waals surface area contributed by atoms with Crippen LogP contribution in [-0.2, 0) is 4.79 Å². The highest BCUT2D eigenvalue weighted by molar-refractivity contribution is 6.74. The van der Waals surface area contributed by atoms with Crippen LogP contribution in [0, 0.1) is 0 Å². The Kier molecular flexibility index (Phi) is 4.99. The second kappa shape index (κ2) is 5.97. The van der Waals surface area contributed by atoms with Crippen molar-refractivity contribution in [3.63, 3.8) is 0 Å². The fraction of sp³-hybridized carbons (Fsp3) is 0.533. The zero-order chi connectivity index (χ0) is 15.6. The van der Waals surface area contributed by atoms with Crippen LogP contribution in [0.2, 0.25) is 18.1 Å². The quantitative estimate of drug-likeness (QED) is 0.815.